The first-order chi connectivity index (χ1) is 15.4. The van der Waals surface area contributed by atoms with Gasteiger partial charge in [0.25, 0.3) is 0 Å². The Hall–Kier alpha value is -3.11. The Balaban J connectivity index is 1.73. The van der Waals surface area contributed by atoms with Gasteiger partial charge in [-0.2, -0.15) is 4.68 Å². The summed E-state index contributed by atoms with van der Waals surface area (Å²) in [5.41, 5.74) is 2.65. The number of ether oxygens (including phenoxy) is 3. The SMILES string of the molecule is COC(=O)C1=C(C)Nc2nnnn2C1c1cc(Br)c(OCc2ccc(Cl)cc2)c(OC)c1. The number of aromatic nitrogens is 4. The summed E-state index contributed by atoms with van der Waals surface area (Å²) in [6.45, 7) is 2.09. The molecule has 1 unspecified atom stereocenters. The quantitative estimate of drug-likeness (QED) is 0.484. The zero-order chi connectivity index (χ0) is 22.8. The van der Waals surface area contributed by atoms with Crippen LogP contribution in [0.4, 0.5) is 5.95 Å². The molecule has 0 fully saturated rings. The first-order valence-electron chi connectivity index (χ1n) is 9.51. The number of rotatable bonds is 6. The van der Waals surface area contributed by atoms with Gasteiger partial charge in [0.1, 0.15) is 12.6 Å². The summed E-state index contributed by atoms with van der Waals surface area (Å²) in [4.78, 5) is 12.6. The van der Waals surface area contributed by atoms with E-state index in [1.54, 1.807) is 32.2 Å². The Kier molecular flexibility index (Phi) is 6.33. The van der Waals surface area contributed by atoms with Gasteiger partial charge in [-0.25, -0.2) is 4.79 Å². The molecule has 1 N–H and O–H groups in total. The molecule has 2 aromatic carbocycles. The van der Waals surface area contributed by atoms with E-state index in [0.29, 0.717) is 50.4 Å². The monoisotopic (exact) mass is 519 g/mol. The van der Waals surface area contributed by atoms with E-state index in [9.17, 15) is 4.79 Å². The van der Waals surface area contributed by atoms with E-state index >= 15 is 0 Å². The van der Waals surface area contributed by atoms with E-state index < -0.39 is 12.0 Å². The van der Waals surface area contributed by atoms with Crippen molar-refractivity contribution in [1.82, 2.24) is 20.2 Å². The number of carbonyl (C=O) groups excluding carboxylic acids is 1. The minimum atomic E-state index is -0.621. The predicted octanol–water partition coefficient (Wildman–Crippen LogP) is 4.14. The molecule has 1 aromatic heterocycles. The molecule has 0 amide bonds. The maximum atomic E-state index is 12.6. The fraction of sp³-hybridized carbons (Fsp3) is 0.238. The first kappa shape index (κ1) is 22.1. The number of nitrogens with zero attached hydrogens (tertiary/aromatic N) is 4. The lowest BCUT2D eigenvalue weighted by Crippen LogP contribution is -2.29. The summed E-state index contributed by atoms with van der Waals surface area (Å²) in [6, 6.07) is 10.4. The fourth-order valence-corrected chi connectivity index (χ4v) is 4.17. The Labute approximate surface area is 197 Å². The molecular formula is C21H19BrClN5O4. The van der Waals surface area contributed by atoms with Crippen LogP contribution in [0.15, 0.2) is 52.1 Å². The van der Waals surface area contributed by atoms with Crippen LogP contribution in [0.3, 0.4) is 0 Å². The van der Waals surface area contributed by atoms with Crippen LogP contribution in [-0.4, -0.2) is 40.4 Å². The smallest absolute Gasteiger partial charge is 0.338 e. The minimum Gasteiger partial charge on any atom is -0.493 e. The second kappa shape index (κ2) is 9.17. The van der Waals surface area contributed by atoms with Gasteiger partial charge in [0.2, 0.25) is 5.95 Å². The van der Waals surface area contributed by atoms with Gasteiger partial charge < -0.3 is 19.5 Å². The van der Waals surface area contributed by atoms with E-state index in [1.165, 1.54) is 11.8 Å². The molecule has 1 atom stereocenters. The summed E-state index contributed by atoms with van der Waals surface area (Å²) < 4.78 is 18.8. The second-order valence-electron chi connectivity index (χ2n) is 6.95. The zero-order valence-corrected chi connectivity index (χ0v) is 19.8. The van der Waals surface area contributed by atoms with Crippen LogP contribution in [0.25, 0.3) is 0 Å². The van der Waals surface area contributed by atoms with Gasteiger partial charge in [0, 0.05) is 10.7 Å². The van der Waals surface area contributed by atoms with E-state index in [1.807, 2.05) is 18.2 Å². The lowest BCUT2D eigenvalue weighted by Gasteiger charge is -2.27. The zero-order valence-electron chi connectivity index (χ0n) is 17.4. The molecule has 0 saturated carbocycles. The van der Waals surface area contributed by atoms with Gasteiger partial charge in [-0.1, -0.05) is 28.8 Å². The molecule has 1 aliphatic heterocycles. The van der Waals surface area contributed by atoms with Crippen LogP contribution < -0.4 is 14.8 Å². The molecule has 0 saturated heterocycles. The van der Waals surface area contributed by atoms with Crippen molar-refractivity contribution in [3.63, 3.8) is 0 Å². The first-order valence-corrected chi connectivity index (χ1v) is 10.7. The van der Waals surface area contributed by atoms with Gasteiger partial charge >= 0.3 is 5.97 Å². The van der Waals surface area contributed by atoms with E-state index in [2.05, 4.69) is 36.8 Å². The van der Waals surface area contributed by atoms with Crippen molar-refractivity contribution in [2.45, 2.75) is 19.6 Å². The number of esters is 1. The molecule has 1 aliphatic rings. The number of allylic oxidation sites excluding steroid dienone is 1. The molecule has 0 bridgehead atoms. The average molecular weight is 521 g/mol. The van der Waals surface area contributed by atoms with Crippen molar-refractivity contribution in [3.8, 4) is 11.5 Å². The molecule has 11 heteroatoms. The van der Waals surface area contributed by atoms with Crippen LogP contribution >= 0.6 is 27.5 Å². The van der Waals surface area contributed by atoms with Crippen molar-refractivity contribution in [1.29, 1.82) is 0 Å². The van der Waals surface area contributed by atoms with E-state index in [-0.39, 0.29) is 0 Å². The number of carbonyl (C=O) groups is 1. The van der Waals surface area contributed by atoms with Gasteiger partial charge in [0.15, 0.2) is 11.5 Å². The lowest BCUT2D eigenvalue weighted by atomic mass is 9.95. The standard InChI is InChI=1S/C21H19BrClN5O4/c1-11-17(20(29)31-3)18(28-21(24-11)25-26-27-28)13-8-15(22)19(16(9-13)30-2)32-10-12-4-6-14(23)7-5-12/h4-9,18H,10H2,1-3H3,(H,24,25,27). The molecule has 4 rings (SSSR count). The highest BCUT2D eigenvalue weighted by Crippen LogP contribution is 2.42. The largest absolute Gasteiger partial charge is 0.493 e. The molecule has 9 nitrogen and oxygen atoms in total. The van der Waals surface area contributed by atoms with Crippen LogP contribution in [-0.2, 0) is 16.1 Å². The highest BCUT2D eigenvalue weighted by Gasteiger charge is 2.35. The third kappa shape index (κ3) is 4.15. The number of hydrogen-bond donors (Lipinski definition) is 1. The number of fused-ring (bicyclic) bond motifs is 1. The minimum absolute atomic E-state index is 0.322. The highest BCUT2D eigenvalue weighted by atomic mass is 79.9. The predicted molar refractivity (Wildman–Crippen MR) is 121 cm³/mol. The van der Waals surface area contributed by atoms with Gasteiger partial charge in [0.05, 0.1) is 24.3 Å². The molecule has 32 heavy (non-hydrogen) atoms. The Bertz CT molecular complexity index is 1200. The van der Waals surface area contributed by atoms with Crippen LogP contribution in [0.1, 0.15) is 24.1 Å². The summed E-state index contributed by atoms with van der Waals surface area (Å²) in [7, 11) is 2.88. The fourth-order valence-electron chi connectivity index (χ4n) is 3.47. The molecule has 2 heterocycles. The van der Waals surface area contributed by atoms with Crippen LogP contribution in [0.5, 0.6) is 11.5 Å². The lowest BCUT2D eigenvalue weighted by molar-refractivity contribution is -0.136. The Morgan fingerprint density at radius 3 is 2.69 bits per heavy atom. The van der Waals surface area contributed by atoms with Crippen molar-refractivity contribution in [2.75, 3.05) is 19.5 Å². The highest BCUT2D eigenvalue weighted by molar-refractivity contribution is 9.10. The molecule has 166 valence electrons. The normalized spacial score (nSPS) is 15.1. The summed E-state index contributed by atoms with van der Waals surface area (Å²) >= 11 is 9.53. The van der Waals surface area contributed by atoms with Crippen molar-refractivity contribution >= 4 is 39.4 Å². The maximum absolute atomic E-state index is 12.6. The maximum Gasteiger partial charge on any atom is 0.338 e. The van der Waals surface area contributed by atoms with E-state index in [0.717, 1.165) is 5.56 Å². The van der Waals surface area contributed by atoms with Crippen molar-refractivity contribution in [2.24, 2.45) is 0 Å². The van der Waals surface area contributed by atoms with Gasteiger partial charge in [-0.05, 0) is 68.7 Å². The topological polar surface area (TPSA) is 100 Å². The summed E-state index contributed by atoms with van der Waals surface area (Å²) in [5, 5.41) is 15.5. The third-order valence-electron chi connectivity index (χ3n) is 4.98. The summed E-state index contributed by atoms with van der Waals surface area (Å²) in [5.74, 6) is 0.938. The summed E-state index contributed by atoms with van der Waals surface area (Å²) in [6.07, 6.45) is 0. The number of benzene rings is 2. The average Bonchev–Trinajstić information content (AvgIpc) is 3.25. The molecular weight excluding hydrogens is 502 g/mol. The van der Waals surface area contributed by atoms with Gasteiger partial charge in [-0.15, -0.1) is 0 Å². The Morgan fingerprint density at radius 2 is 2.00 bits per heavy atom. The van der Waals surface area contributed by atoms with Crippen molar-refractivity contribution < 1.29 is 19.0 Å². The second-order valence-corrected chi connectivity index (χ2v) is 8.24. The molecule has 3 aromatic rings. The number of anilines is 1. The van der Waals surface area contributed by atoms with Crippen LogP contribution in [0, 0.1) is 0 Å². The Morgan fingerprint density at radius 1 is 1.25 bits per heavy atom. The number of nitrogens with one attached hydrogen (secondary N) is 1. The molecule has 0 spiro atoms. The molecule has 0 aliphatic carbocycles. The number of methoxy groups -OCH3 is 2. The number of halogens is 2. The van der Waals surface area contributed by atoms with Gasteiger partial charge in [-0.3, -0.25) is 0 Å². The van der Waals surface area contributed by atoms with Crippen LogP contribution in [0.2, 0.25) is 5.02 Å². The van der Waals surface area contributed by atoms with E-state index in [4.69, 9.17) is 25.8 Å². The molecule has 0 radical (unpaired) electrons. The van der Waals surface area contributed by atoms with Crippen molar-refractivity contribution in [3.05, 3.63) is 68.3 Å². The third-order valence-corrected chi connectivity index (χ3v) is 5.82. The number of hydrogen-bond acceptors (Lipinski definition) is 8. The number of tetrazole rings is 1.